The Labute approximate surface area is 99.7 Å². The molecule has 1 aromatic carbocycles. The summed E-state index contributed by atoms with van der Waals surface area (Å²) < 4.78 is 1.85. The van der Waals surface area contributed by atoms with Gasteiger partial charge in [0.05, 0.1) is 6.20 Å². The molecule has 0 fully saturated rings. The number of fused-ring (bicyclic) bond motifs is 1. The van der Waals surface area contributed by atoms with E-state index in [1.165, 1.54) is 5.56 Å². The highest BCUT2D eigenvalue weighted by atomic mass is 15.2. The molecule has 3 heteroatoms. The average molecular weight is 223 g/mol. The molecule has 0 aliphatic rings. The van der Waals surface area contributed by atoms with Crippen molar-refractivity contribution >= 4 is 5.65 Å². The Hall–Kier alpha value is -2.16. The van der Waals surface area contributed by atoms with Crippen LogP contribution in [-0.2, 0) is 6.42 Å². The normalized spacial score (nSPS) is 10.9. The van der Waals surface area contributed by atoms with Crippen LogP contribution >= 0.6 is 0 Å². The van der Waals surface area contributed by atoms with Crippen LogP contribution in [0.25, 0.3) is 16.8 Å². The fourth-order valence-electron chi connectivity index (χ4n) is 1.95. The van der Waals surface area contributed by atoms with E-state index in [-0.39, 0.29) is 0 Å². The lowest BCUT2D eigenvalue weighted by Crippen LogP contribution is -1.92. The van der Waals surface area contributed by atoms with Crippen molar-refractivity contribution in [3.63, 3.8) is 0 Å². The van der Waals surface area contributed by atoms with Crippen LogP contribution in [-0.4, -0.2) is 14.6 Å². The van der Waals surface area contributed by atoms with Crippen LogP contribution in [0.3, 0.4) is 0 Å². The second kappa shape index (κ2) is 4.01. The molecule has 2 aromatic heterocycles. The highest BCUT2D eigenvalue weighted by Gasteiger charge is 2.05. The second-order valence-corrected chi connectivity index (χ2v) is 4.00. The van der Waals surface area contributed by atoms with Crippen molar-refractivity contribution in [1.29, 1.82) is 0 Å². The van der Waals surface area contributed by atoms with Gasteiger partial charge in [0, 0.05) is 23.5 Å². The summed E-state index contributed by atoms with van der Waals surface area (Å²) >= 11 is 0. The first kappa shape index (κ1) is 10.0. The summed E-state index contributed by atoms with van der Waals surface area (Å²) in [5, 5.41) is 4.33. The Bertz CT molecular complexity index is 641. The third-order valence-electron chi connectivity index (χ3n) is 2.92. The van der Waals surface area contributed by atoms with Gasteiger partial charge in [0.15, 0.2) is 5.65 Å². The molecule has 17 heavy (non-hydrogen) atoms. The third-order valence-corrected chi connectivity index (χ3v) is 2.92. The number of hydrogen-bond acceptors (Lipinski definition) is 2. The van der Waals surface area contributed by atoms with Gasteiger partial charge in [-0.1, -0.05) is 37.3 Å². The first-order chi connectivity index (χ1) is 8.38. The largest absolute Gasteiger partial charge is 0.236 e. The monoisotopic (exact) mass is 223 g/mol. The summed E-state index contributed by atoms with van der Waals surface area (Å²) in [7, 11) is 0. The predicted molar refractivity (Wildman–Crippen MR) is 67.8 cm³/mol. The van der Waals surface area contributed by atoms with Crippen molar-refractivity contribution < 1.29 is 0 Å². The van der Waals surface area contributed by atoms with Crippen molar-refractivity contribution in [3.05, 3.63) is 54.5 Å². The molecule has 0 radical (unpaired) electrons. The third kappa shape index (κ3) is 1.69. The van der Waals surface area contributed by atoms with Crippen molar-refractivity contribution in [1.82, 2.24) is 14.6 Å². The van der Waals surface area contributed by atoms with E-state index in [9.17, 15) is 0 Å². The van der Waals surface area contributed by atoms with Crippen LogP contribution in [0.1, 0.15) is 12.5 Å². The minimum atomic E-state index is 0.951. The van der Waals surface area contributed by atoms with E-state index in [0.29, 0.717) is 0 Å². The maximum absolute atomic E-state index is 4.49. The van der Waals surface area contributed by atoms with Gasteiger partial charge in [0.2, 0.25) is 0 Å². The fraction of sp³-hybridized carbons (Fsp3) is 0.143. The summed E-state index contributed by atoms with van der Waals surface area (Å²) in [6.07, 6.45) is 6.78. The van der Waals surface area contributed by atoms with Gasteiger partial charge in [0.25, 0.3) is 0 Å². The number of aryl methyl sites for hydroxylation is 1. The summed E-state index contributed by atoms with van der Waals surface area (Å²) in [5.41, 5.74) is 4.39. The molecule has 0 saturated carbocycles. The van der Waals surface area contributed by atoms with Gasteiger partial charge in [-0.15, -0.1) is 0 Å². The van der Waals surface area contributed by atoms with Crippen LogP contribution in [0.15, 0.2) is 48.9 Å². The Morgan fingerprint density at radius 1 is 1.06 bits per heavy atom. The molecule has 0 unspecified atom stereocenters. The quantitative estimate of drug-likeness (QED) is 0.668. The molecule has 0 N–H and O–H groups in total. The van der Waals surface area contributed by atoms with Gasteiger partial charge in [-0.3, -0.25) is 0 Å². The highest BCUT2D eigenvalue weighted by Crippen LogP contribution is 2.19. The van der Waals surface area contributed by atoms with E-state index >= 15 is 0 Å². The molecule has 84 valence electrons. The maximum Gasteiger partial charge on any atom is 0.158 e. The lowest BCUT2D eigenvalue weighted by Gasteiger charge is -2.01. The number of benzene rings is 1. The zero-order chi connectivity index (χ0) is 11.7. The number of nitrogens with zero attached hydrogens (tertiary/aromatic N) is 3. The van der Waals surface area contributed by atoms with Crippen molar-refractivity contribution in [2.24, 2.45) is 0 Å². The summed E-state index contributed by atoms with van der Waals surface area (Å²) in [4.78, 5) is 4.49. The molecule has 3 nitrogen and oxygen atoms in total. The minimum absolute atomic E-state index is 0.951. The predicted octanol–water partition coefficient (Wildman–Crippen LogP) is 2.96. The van der Waals surface area contributed by atoms with Gasteiger partial charge in [-0.05, 0) is 12.0 Å². The van der Waals surface area contributed by atoms with Crippen LogP contribution in [0.5, 0.6) is 0 Å². The summed E-state index contributed by atoms with van der Waals surface area (Å²) in [6.45, 7) is 2.11. The van der Waals surface area contributed by atoms with Crippen LogP contribution in [0.4, 0.5) is 0 Å². The lowest BCUT2D eigenvalue weighted by molar-refractivity contribution is 0.941. The van der Waals surface area contributed by atoms with Crippen molar-refractivity contribution in [2.45, 2.75) is 13.3 Å². The van der Waals surface area contributed by atoms with E-state index in [0.717, 1.165) is 23.2 Å². The Morgan fingerprint density at radius 2 is 1.88 bits per heavy atom. The van der Waals surface area contributed by atoms with E-state index in [1.54, 1.807) is 0 Å². The molecular weight excluding hydrogens is 210 g/mol. The van der Waals surface area contributed by atoms with E-state index < -0.39 is 0 Å². The van der Waals surface area contributed by atoms with E-state index in [4.69, 9.17) is 0 Å². The molecule has 3 aromatic rings. The molecule has 0 aliphatic carbocycles. The van der Waals surface area contributed by atoms with Gasteiger partial charge < -0.3 is 0 Å². The molecule has 0 atom stereocenters. The van der Waals surface area contributed by atoms with Crippen LogP contribution < -0.4 is 0 Å². The fourth-order valence-corrected chi connectivity index (χ4v) is 1.95. The molecule has 0 spiro atoms. The number of aromatic nitrogens is 3. The lowest BCUT2D eigenvalue weighted by atomic mass is 10.1. The summed E-state index contributed by atoms with van der Waals surface area (Å²) in [5.74, 6) is 0. The van der Waals surface area contributed by atoms with Crippen molar-refractivity contribution in [3.8, 4) is 11.1 Å². The molecule has 3 rings (SSSR count). The van der Waals surface area contributed by atoms with Gasteiger partial charge >= 0.3 is 0 Å². The topological polar surface area (TPSA) is 30.2 Å². The average Bonchev–Trinajstić information content (AvgIpc) is 2.81. The van der Waals surface area contributed by atoms with E-state index in [2.05, 4.69) is 29.1 Å². The smallest absolute Gasteiger partial charge is 0.158 e. The highest BCUT2D eigenvalue weighted by molar-refractivity contribution is 5.63. The van der Waals surface area contributed by atoms with Gasteiger partial charge in [0.1, 0.15) is 0 Å². The van der Waals surface area contributed by atoms with Gasteiger partial charge in [-0.25, -0.2) is 9.50 Å². The van der Waals surface area contributed by atoms with Gasteiger partial charge in [-0.2, -0.15) is 5.10 Å². The molecule has 0 amide bonds. The second-order valence-electron chi connectivity index (χ2n) is 4.00. The minimum Gasteiger partial charge on any atom is -0.236 e. The summed E-state index contributed by atoms with van der Waals surface area (Å²) in [6, 6.07) is 10.2. The molecule has 0 aliphatic heterocycles. The molecule has 0 bridgehead atoms. The Morgan fingerprint density at radius 3 is 2.65 bits per heavy atom. The first-order valence-electron chi connectivity index (χ1n) is 5.76. The first-order valence-corrected chi connectivity index (χ1v) is 5.76. The van der Waals surface area contributed by atoms with Crippen molar-refractivity contribution in [2.75, 3.05) is 0 Å². The van der Waals surface area contributed by atoms with E-state index in [1.807, 2.05) is 41.3 Å². The molecule has 0 saturated heterocycles. The molecular formula is C14H13N3. The number of hydrogen-bond donors (Lipinski definition) is 0. The maximum atomic E-state index is 4.49. The standard InChI is InChI=1S/C14H13N3/c1-2-11-9-16-17-10-13(8-15-14(11)17)12-6-4-3-5-7-12/h3-10H,2H2,1H3. The Balaban J connectivity index is 2.15. The zero-order valence-corrected chi connectivity index (χ0v) is 9.67. The SMILES string of the molecule is CCc1cnn2cc(-c3ccccc3)cnc12. The molecule has 2 heterocycles. The van der Waals surface area contributed by atoms with Crippen LogP contribution in [0, 0.1) is 0 Å². The Kier molecular flexibility index (Phi) is 2.37. The zero-order valence-electron chi connectivity index (χ0n) is 9.67. The van der Waals surface area contributed by atoms with Crippen LogP contribution in [0.2, 0.25) is 0 Å². The number of rotatable bonds is 2.